The Labute approximate surface area is 85.6 Å². The Bertz CT molecular complexity index is 174. The van der Waals surface area contributed by atoms with Gasteiger partial charge >= 0.3 is 7.60 Å². The van der Waals surface area contributed by atoms with Gasteiger partial charge in [-0.15, -0.1) is 5.16 Å². The van der Waals surface area contributed by atoms with Gasteiger partial charge < -0.3 is 14.3 Å². The molecule has 0 aromatic carbocycles. The molecule has 0 aromatic heterocycles. The van der Waals surface area contributed by atoms with Crippen molar-refractivity contribution in [2.24, 2.45) is 5.16 Å². The van der Waals surface area contributed by atoms with Crippen molar-refractivity contribution in [1.29, 1.82) is 0 Å². The van der Waals surface area contributed by atoms with Gasteiger partial charge in [0.05, 0.1) is 25.6 Å². The van der Waals surface area contributed by atoms with E-state index in [9.17, 15) is 4.57 Å². The van der Waals surface area contributed by atoms with E-state index in [1.807, 2.05) is 13.8 Å². The van der Waals surface area contributed by atoms with Gasteiger partial charge in [-0.1, -0.05) is 13.8 Å². The molecule has 86 valence electrons. The minimum Gasteiger partial charge on any atom is -0.411 e. The highest BCUT2D eigenvalue weighted by Gasteiger charge is 2.21. The summed E-state index contributed by atoms with van der Waals surface area (Å²) in [6.07, 6.45) is 1.11. The number of oxime groups is 1. The zero-order valence-electron chi connectivity index (χ0n) is 9.27. The van der Waals surface area contributed by atoms with Gasteiger partial charge in [-0.2, -0.15) is 0 Å². The molecular formula is C8H20NO4P. The summed E-state index contributed by atoms with van der Waals surface area (Å²) in [5.41, 5.74) is 0. The Morgan fingerprint density at radius 1 is 1.29 bits per heavy atom. The van der Waals surface area contributed by atoms with Gasteiger partial charge in [-0.3, -0.25) is 4.57 Å². The van der Waals surface area contributed by atoms with Crippen molar-refractivity contribution >= 4 is 13.8 Å². The van der Waals surface area contributed by atoms with Crippen molar-refractivity contribution in [3.8, 4) is 0 Å². The minimum absolute atomic E-state index is 0.00514. The van der Waals surface area contributed by atoms with Gasteiger partial charge in [0.25, 0.3) is 0 Å². The molecule has 5 nitrogen and oxygen atoms in total. The van der Waals surface area contributed by atoms with Gasteiger partial charge in [0.15, 0.2) is 0 Å². The first-order valence-electron chi connectivity index (χ1n) is 4.72. The van der Waals surface area contributed by atoms with Crippen LogP contribution in [0.5, 0.6) is 0 Å². The lowest BCUT2D eigenvalue weighted by atomic mass is 10.9. The summed E-state index contributed by atoms with van der Waals surface area (Å²) < 4.78 is 21.3. The number of nitrogens with zero attached hydrogens (tertiary/aromatic N) is 1. The largest absolute Gasteiger partial charge is 0.411 e. The maximum absolute atomic E-state index is 11.5. The van der Waals surface area contributed by atoms with E-state index >= 15 is 0 Å². The molecule has 0 atom stereocenters. The Morgan fingerprint density at radius 3 is 2.00 bits per heavy atom. The van der Waals surface area contributed by atoms with Crippen molar-refractivity contribution in [1.82, 2.24) is 0 Å². The third-order valence-corrected chi connectivity index (χ3v) is 2.95. The summed E-state index contributed by atoms with van der Waals surface area (Å²) in [5, 5.41) is 10.8. The van der Waals surface area contributed by atoms with Crippen LogP contribution in [0.3, 0.4) is 0 Å². The summed E-state index contributed by atoms with van der Waals surface area (Å²) >= 11 is 0. The van der Waals surface area contributed by atoms with Gasteiger partial charge in [-0.05, 0) is 13.8 Å². The predicted molar refractivity (Wildman–Crippen MR) is 57.4 cm³/mol. The van der Waals surface area contributed by atoms with Crippen molar-refractivity contribution in [3.05, 3.63) is 0 Å². The van der Waals surface area contributed by atoms with Crippen LogP contribution in [0.1, 0.15) is 27.7 Å². The molecule has 0 aliphatic heterocycles. The molecular weight excluding hydrogens is 205 g/mol. The van der Waals surface area contributed by atoms with E-state index in [-0.39, 0.29) is 6.16 Å². The van der Waals surface area contributed by atoms with E-state index in [0.717, 1.165) is 6.21 Å². The third-order valence-electron chi connectivity index (χ3n) is 1.04. The second-order valence-electron chi connectivity index (χ2n) is 1.93. The zero-order valence-corrected chi connectivity index (χ0v) is 10.2. The Kier molecular flexibility index (Phi) is 12.3. The highest BCUT2D eigenvalue weighted by atomic mass is 31.2. The lowest BCUT2D eigenvalue weighted by Gasteiger charge is -2.13. The topological polar surface area (TPSA) is 68.1 Å². The van der Waals surface area contributed by atoms with E-state index in [1.54, 1.807) is 13.8 Å². The molecule has 14 heavy (non-hydrogen) atoms. The first-order valence-corrected chi connectivity index (χ1v) is 6.45. The number of rotatable bonds is 6. The summed E-state index contributed by atoms with van der Waals surface area (Å²) in [7, 11) is -3.05. The van der Waals surface area contributed by atoms with Crippen LogP contribution < -0.4 is 0 Å². The lowest BCUT2D eigenvalue weighted by molar-refractivity contribution is 0.223. The molecule has 0 fully saturated rings. The smallest absolute Gasteiger partial charge is 0.336 e. The van der Waals surface area contributed by atoms with Crippen LogP contribution in [0.2, 0.25) is 0 Å². The van der Waals surface area contributed by atoms with Crippen molar-refractivity contribution < 1.29 is 18.8 Å². The molecule has 0 saturated carbocycles. The maximum atomic E-state index is 11.5. The monoisotopic (exact) mass is 225 g/mol. The van der Waals surface area contributed by atoms with Crippen molar-refractivity contribution in [2.75, 3.05) is 19.4 Å². The fraction of sp³-hybridized carbons (Fsp3) is 0.875. The molecule has 0 saturated heterocycles. The van der Waals surface area contributed by atoms with E-state index in [2.05, 4.69) is 5.16 Å². The molecule has 0 amide bonds. The molecule has 6 heteroatoms. The maximum Gasteiger partial charge on any atom is 0.336 e. The standard InChI is InChI=1S/C6H14NO4P.C2H6/c1-3-10-12(9,11-4-2)6-5-7-8;1-2/h5,8H,3-4,6H2,1-2H3;1-2H3/b7-5+;. The van der Waals surface area contributed by atoms with Crippen LogP contribution in [0.15, 0.2) is 5.16 Å². The molecule has 0 spiro atoms. The van der Waals surface area contributed by atoms with Crippen LogP contribution in [0.25, 0.3) is 0 Å². The Balaban J connectivity index is 0. The van der Waals surface area contributed by atoms with E-state index in [0.29, 0.717) is 13.2 Å². The Morgan fingerprint density at radius 2 is 1.71 bits per heavy atom. The van der Waals surface area contributed by atoms with Gasteiger partial charge in [0, 0.05) is 0 Å². The highest BCUT2D eigenvalue weighted by Crippen LogP contribution is 2.46. The predicted octanol–water partition coefficient (Wildman–Crippen LogP) is 2.74. The summed E-state index contributed by atoms with van der Waals surface area (Å²) in [4.78, 5) is 0. The van der Waals surface area contributed by atoms with Crippen LogP contribution in [-0.4, -0.2) is 30.8 Å². The first-order chi connectivity index (χ1) is 6.68. The van der Waals surface area contributed by atoms with E-state index in [1.165, 1.54) is 0 Å². The highest BCUT2D eigenvalue weighted by molar-refractivity contribution is 7.54. The van der Waals surface area contributed by atoms with Crippen LogP contribution in [-0.2, 0) is 13.6 Å². The SMILES string of the molecule is CC.CCOP(=O)(C/C=N/O)OCC. The fourth-order valence-corrected chi connectivity index (χ4v) is 2.02. The summed E-state index contributed by atoms with van der Waals surface area (Å²) in [6, 6.07) is 0. The molecule has 0 aromatic rings. The summed E-state index contributed by atoms with van der Waals surface area (Å²) in [5.74, 6) is 0. The second-order valence-corrected chi connectivity index (χ2v) is 4.03. The van der Waals surface area contributed by atoms with E-state index in [4.69, 9.17) is 14.3 Å². The van der Waals surface area contributed by atoms with Gasteiger partial charge in [0.1, 0.15) is 0 Å². The summed E-state index contributed by atoms with van der Waals surface area (Å²) in [6.45, 7) is 8.08. The van der Waals surface area contributed by atoms with Crippen LogP contribution in [0.4, 0.5) is 0 Å². The Hall–Kier alpha value is -0.380. The average Bonchev–Trinajstić information content (AvgIpc) is 2.19. The lowest BCUT2D eigenvalue weighted by Crippen LogP contribution is -2.00. The molecule has 0 aliphatic carbocycles. The quantitative estimate of drug-likeness (QED) is 0.326. The molecule has 0 radical (unpaired) electrons. The van der Waals surface area contributed by atoms with Crippen LogP contribution >= 0.6 is 7.60 Å². The van der Waals surface area contributed by atoms with Crippen molar-refractivity contribution in [3.63, 3.8) is 0 Å². The van der Waals surface area contributed by atoms with Crippen LogP contribution in [0, 0.1) is 0 Å². The average molecular weight is 225 g/mol. The number of hydrogen-bond acceptors (Lipinski definition) is 5. The minimum atomic E-state index is -3.05. The van der Waals surface area contributed by atoms with Crippen molar-refractivity contribution in [2.45, 2.75) is 27.7 Å². The zero-order chi connectivity index (χ0) is 11.4. The molecule has 0 heterocycles. The van der Waals surface area contributed by atoms with Gasteiger partial charge in [0.2, 0.25) is 0 Å². The number of hydrogen-bond donors (Lipinski definition) is 1. The first kappa shape index (κ1) is 16.1. The molecule has 1 N–H and O–H groups in total. The molecule has 0 bridgehead atoms. The normalized spacial score (nSPS) is 11.1. The van der Waals surface area contributed by atoms with Gasteiger partial charge in [-0.25, -0.2) is 0 Å². The third kappa shape index (κ3) is 8.23. The molecule has 0 unspecified atom stereocenters. The second kappa shape index (κ2) is 10.7. The molecule has 0 rings (SSSR count). The fourth-order valence-electron chi connectivity index (χ4n) is 0.673. The molecule has 0 aliphatic rings. The van der Waals surface area contributed by atoms with E-state index < -0.39 is 7.60 Å².